The number of benzene rings is 1. The van der Waals surface area contributed by atoms with E-state index in [0.717, 1.165) is 18.2 Å². The molecular formula is C10H5NO6. The number of nitrogens with zero attached hydrogens (tertiary/aromatic N) is 1. The maximum atomic E-state index is 11.5. The summed E-state index contributed by atoms with van der Waals surface area (Å²) >= 11 is 0. The van der Waals surface area contributed by atoms with Crippen LogP contribution in [-0.4, -0.2) is 16.0 Å². The number of carboxylic acids is 1. The van der Waals surface area contributed by atoms with Crippen molar-refractivity contribution in [3.8, 4) is 0 Å². The van der Waals surface area contributed by atoms with E-state index >= 15 is 0 Å². The molecule has 1 aromatic carbocycles. The Hall–Kier alpha value is -2.70. The van der Waals surface area contributed by atoms with Crippen LogP contribution in [0.2, 0.25) is 0 Å². The molecule has 7 nitrogen and oxygen atoms in total. The molecule has 0 unspecified atom stereocenters. The lowest BCUT2D eigenvalue weighted by Gasteiger charge is -1.98. The summed E-state index contributed by atoms with van der Waals surface area (Å²) in [6.07, 6.45) is 0. The molecule has 0 aliphatic rings. The Kier molecular flexibility index (Phi) is 2.36. The molecule has 0 saturated heterocycles. The predicted molar refractivity (Wildman–Crippen MR) is 56.1 cm³/mol. The molecule has 0 radical (unpaired) electrons. The Morgan fingerprint density at radius 2 is 2.06 bits per heavy atom. The van der Waals surface area contributed by atoms with Crippen LogP contribution < -0.4 is 5.43 Å². The van der Waals surface area contributed by atoms with Crippen LogP contribution in [0.3, 0.4) is 0 Å². The van der Waals surface area contributed by atoms with Crippen LogP contribution in [0.15, 0.2) is 33.5 Å². The van der Waals surface area contributed by atoms with Crippen molar-refractivity contribution in [1.82, 2.24) is 0 Å². The molecule has 1 heterocycles. The van der Waals surface area contributed by atoms with Gasteiger partial charge in [-0.2, -0.15) is 0 Å². The number of fused-ring (bicyclic) bond motifs is 1. The van der Waals surface area contributed by atoms with Gasteiger partial charge in [-0.1, -0.05) is 0 Å². The van der Waals surface area contributed by atoms with Gasteiger partial charge >= 0.3 is 5.97 Å². The maximum absolute atomic E-state index is 11.5. The highest BCUT2D eigenvalue weighted by molar-refractivity contribution is 5.87. The van der Waals surface area contributed by atoms with E-state index in [0.29, 0.717) is 0 Å². The van der Waals surface area contributed by atoms with Crippen LogP contribution in [0.4, 0.5) is 5.69 Å². The number of rotatable bonds is 2. The number of hydrogen-bond acceptors (Lipinski definition) is 5. The van der Waals surface area contributed by atoms with Gasteiger partial charge in [0.1, 0.15) is 5.58 Å². The van der Waals surface area contributed by atoms with E-state index in [-0.39, 0.29) is 16.7 Å². The summed E-state index contributed by atoms with van der Waals surface area (Å²) in [4.78, 5) is 32.0. The van der Waals surface area contributed by atoms with Crippen molar-refractivity contribution < 1.29 is 19.2 Å². The second-order valence-corrected chi connectivity index (χ2v) is 3.22. The van der Waals surface area contributed by atoms with Crippen LogP contribution in [-0.2, 0) is 0 Å². The molecule has 1 N–H and O–H groups in total. The van der Waals surface area contributed by atoms with Gasteiger partial charge in [-0.3, -0.25) is 14.9 Å². The second kappa shape index (κ2) is 3.71. The monoisotopic (exact) mass is 235 g/mol. The van der Waals surface area contributed by atoms with Gasteiger partial charge in [-0.15, -0.1) is 0 Å². The Bertz CT molecular complexity index is 687. The average Bonchev–Trinajstić information content (AvgIpc) is 2.28. The number of carboxylic acid groups (broad SMARTS) is 1. The summed E-state index contributed by atoms with van der Waals surface area (Å²) in [5, 5.41) is 19.2. The predicted octanol–water partition coefficient (Wildman–Crippen LogP) is 1.40. The largest absolute Gasteiger partial charge is 0.475 e. The highest BCUT2D eigenvalue weighted by Crippen LogP contribution is 2.19. The van der Waals surface area contributed by atoms with Crippen molar-refractivity contribution >= 4 is 22.6 Å². The molecule has 86 valence electrons. The van der Waals surface area contributed by atoms with E-state index in [2.05, 4.69) is 0 Å². The summed E-state index contributed by atoms with van der Waals surface area (Å²) in [6.45, 7) is 0. The minimum Gasteiger partial charge on any atom is -0.475 e. The molecule has 1 aromatic heterocycles. The van der Waals surface area contributed by atoms with E-state index in [4.69, 9.17) is 9.52 Å². The zero-order chi connectivity index (χ0) is 12.6. The first-order chi connectivity index (χ1) is 7.99. The molecule has 2 aromatic rings. The molecule has 7 heteroatoms. The van der Waals surface area contributed by atoms with Crippen molar-refractivity contribution in [2.24, 2.45) is 0 Å². The molecule has 0 amide bonds. The van der Waals surface area contributed by atoms with Gasteiger partial charge in [0.15, 0.2) is 5.43 Å². The van der Waals surface area contributed by atoms with Crippen molar-refractivity contribution in [3.05, 3.63) is 50.4 Å². The molecule has 0 saturated carbocycles. The quantitative estimate of drug-likeness (QED) is 0.622. The van der Waals surface area contributed by atoms with Crippen LogP contribution in [0.25, 0.3) is 11.0 Å². The molecule has 0 atom stereocenters. The average molecular weight is 235 g/mol. The first kappa shape index (κ1) is 10.8. The SMILES string of the molecule is O=C(O)c1cc(=O)c2cc([N+](=O)[O-])ccc2o1. The summed E-state index contributed by atoms with van der Waals surface area (Å²) in [5.41, 5.74) is -0.888. The molecule has 2 rings (SSSR count). The fourth-order valence-corrected chi connectivity index (χ4v) is 1.36. The Morgan fingerprint density at radius 1 is 1.35 bits per heavy atom. The minimum atomic E-state index is -1.37. The third kappa shape index (κ3) is 1.85. The lowest BCUT2D eigenvalue weighted by Crippen LogP contribution is -2.06. The maximum Gasteiger partial charge on any atom is 0.371 e. The molecule has 0 spiro atoms. The molecule has 17 heavy (non-hydrogen) atoms. The van der Waals surface area contributed by atoms with Gasteiger partial charge < -0.3 is 9.52 Å². The molecule has 0 aliphatic carbocycles. The topological polar surface area (TPSA) is 111 Å². The molecule has 0 fully saturated rings. The first-order valence-electron chi connectivity index (χ1n) is 4.44. The van der Waals surface area contributed by atoms with Crippen molar-refractivity contribution in [2.75, 3.05) is 0 Å². The highest BCUT2D eigenvalue weighted by Gasteiger charge is 2.13. The van der Waals surface area contributed by atoms with E-state index in [1.807, 2.05) is 0 Å². The molecular weight excluding hydrogens is 230 g/mol. The minimum absolute atomic E-state index is 0.000463. The van der Waals surface area contributed by atoms with Gasteiger partial charge in [-0.05, 0) is 6.07 Å². The van der Waals surface area contributed by atoms with Crippen LogP contribution in [0.5, 0.6) is 0 Å². The van der Waals surface area contributed by atoms with Gasteiger partial charge in [-0.25, -0.2) is 4.79 Å². The number of hydrogen-bond donors (Lipinski definition) is 1. The van der Waals surface area contributed by atoms with E-state index in [9.17, 15) is 19.7 Å². The van der Waals surface area contributed by atoms with Crippen molar-refractivity contribution in [3.63, 3.8) is 0 Å². The Labute approximate surface area is 93.1 Å². The number of carbonyl (C=O) groups is 1. The summed E-state index contributed by atoms with van der Waals surface area (Å²) in [5.74, 6) is -1.88. The number of aromatic carboxylic acids is 1. The molecule has 0 bridgehead atoms. The van der Waals surface area contributed by atoms with Gasteiger partial charge in [0.05, 0.1) is 10.3 Å². The number of non-ortho nitro benzene ring substituents is 1. The van der Waals surface area contributed by atoms with Crippen molar-refractivity contribution in [2.45, 2.75) is 0 Å². The van der Waals surface area contributed by atoms with Gasteiger partial charge in [0.2, 0.25) is 5.76 Å². The zero-order valence-corrected chi connectivity index (χ0v) is 8.25. The Morgan fingerprint density at radius 3 is 2.65 bits per heavy atom. The van der Waals surface area contributed by atoms with Crippen LogP contribution >= 0.6 is 0 Å². The van der Waals surface area contributed by atoms with E-state index in [1.165, 1.54) is 6.07 Å². The fraction of sp³-hybridized carbons (Fsp3) is 0. The third-order valence-corrected chi connectivity index (χ3v) is 2.13. The third-order valence-electron chi connectivity index (χ3n) is 2.13. The second-order valence-electron chi connectivity index (χ2n) is 3.22. The first-order valence-corrected chi connectivity index (χ1v) is 4.44. The highest BCUT2D eigenvalue weighted by atomic mass is 16.6. The lowest BCUT2D eigenvalue weighted by atomic mass is 10.2. The standard InChI is InChI=1S/C10H5NO6/c12-7-4-9(10(13)14)17-8-2-1-5(11(15)16)3-6(7)8/h1-4H,(H,13,14). The lowest BCUT2D eigenvalue weighted by molar-refractivity contribution is -0.384. The van der Waals surface area contributed by atoms with Gasteiger partial charge in [0.25, 0.3) is 5.69 Å². The normalized spacial score (nSPS) is 10.4. The zero-order valence-electron chi connectivity index (χ0n) is 8.25. The summed E-state index contributed by atoms with van der Waals surface area (Å²) < 4.78 is 4.92. The smallest absolute Gasteiger partial charge is 0.371 e. The van der Waals surface area contributed by atoms with E-state index < -0.39 is 22.1 Å². The van der Waals surface area contributed by atoms with Gasteiger partial charge in [0, 0.05) is 18.2 Å². The fourth-order valence-electron chi connectivity index (χ4n) is 1.36. The number of nitro groups is 1. The Balaban J connectivity index is 2.77. The van der Waals surface area contributed by atoms with Crippen LogP contribution in [0, 0.1) is 10.1 Å². The summed E-state index contributed by atoms with van der Waals surface area (Å²) in [7, 11) is 0. The summed E-state index contributed by atoms with van der Waals surface area (Å²) in [6, 6.07) is 4.17. The van der Waals surface area contributed by atoms with E-state index in [1.54, 1.807) is 0 Å². The molecule has 0 aliphatic heterocycles. The van der Waals surface area contributed by atoms with Crippen molar-refractivity contribution in [1.29, 1.82) is 0 Å². The number of nitro benzene ring substituents is 1. The van der Waals surface area contributed by atoms with Crippen LogP contribution in [0.1, 0.15) is 10.6 Å².